The first-order valence-electron chi connectivity index (χ1n) is 13.1. The molecule has 0 bridgehead atoms. The summed E-state index contributed by atoms with van der Waals surface area (Å²) in [6.45, 7) is 0. The van der Waals surface area contributed by atoms with Crippen LogP contribution in [0.4, 0.5) is 0 Å². The van der Waals surface area contributed by atoms with Gasteiger partial charge in [-0.1, -0.05) is 89.9 Å². The SMILES string of the molecule is O=C(O)CCCCCCCCC(=O)O.O=C(O)CCCCCCCCCCCCCCC(=O)O. The fourth-order valence-electron chi connectivity index (χ4n) is 3.58. The second-order valence-electron chi connectivity index (χ2n) is 8.94. The maximum atomic E-state index is 10.3. The van der Waals surface area contributed by atoms with Crippen LogP contribution in [0.15, 0.2) is 0 Å². The average Bonchev–Trinajstić information content (AvgIpc) is 2.75. The van der Waals surface area contributed by atoms with Gasteiger partial charge in [0.2, 0.25) is 0 Å². The number of hydrogen-bond acceptors (Lipinski definition) is 4. The molecule has 0 saturated carbocycles. The average molecular weight is 489 g/mol. The smallest absolute Gasteiger partial charge is 0.303 e. The zero-order chi connectivity index (χ0) is 25.9. The molecule has 0 heterocycles. The molecule has 0 aliphatic rings. The Hall–Kier alpha value is -2.12. The van der Waals surface area contributed by atoms with Gasteiger partial charge in [0.05, 0.1) is 0 Å². The summed E-state index contributed by atoms with van der Waals surface area (Å²) in [6, 6.07) is 0. The molecule has 0 aromatic carbocycles. The number of aliphatic carboxylic acids is 4. The van der Waals surface area contributed by atoms with E-state index in [1.54, 1.807) is 0 Å². The van der Waals surface area contributed by atoms with Crippen LogP contribution < -0.4 is 0 Å². The normalized spacial score (nSPS) is 10.4. The molecule has 4 N–H and O–H groups in total. The summed E-state index contributed by atoms with van der Waals surface area (Å²) < 4.78 is 0. The minimum Gasteiger partial charge on any atom is -0.481 e. The molecule has 34 heavy (non-hydrogen) atoms. The van der Waals surface area contributed by atoms with E-state index in [1.807, 2.05) is 0 Å². The van der Waals surface area contributed by atoms with Crippen LogP contribution in [0.1, 0.15) is 141 Å². The van der Waals surface area contributed by atoms with Crippen molar-refractivity contribution < 1.29 is 39.6 Å². The van der Waals surface area contributed by atoms with Gasteiger partial charge in [-0.15, -0.1) is 0 Å². The number of rotatable bonds is 24. The Kier molecular flexibility index (Phi) is 27.2. The third-order valence-electron chi connectivity index (χ3n) is 5.56. The van der Waals surface area contributed by atoms with Crippen LogP contribution in [0.2, 0.25) is 0 Å². The Labute approximate surface area is 205 Å². The van der Waals surface area contributed by atoms with E-state index in [2.05, 4.69) is 0 Å². The van der Waals surface area contributed by atoms with E-state index < -0.39 is 23.9 Å². The lowest BCUT2D eigenvalue weighted by Crippen LogP contribution is -1.94. The Morgan fingerprint density at radius 3 is 0.500 bits per heavy atom. The zero-order valence-electron chi connectivity index (χ0n) is 21.0. The minimum absolute atomic E-state index is 0.245. The molecule has 0 aromatic rings. The predicted molar refractivity (Wildman–Crippen MR) is 132 cm³/mol. The highest BCUT2D eigenvalue weighted by Gasteiger charge is 1.99. The van der Waals surface area contributed by atoms with E-state index in [4.69, 9.17) is 20.4 Å². The maximum Gasteiger partial charge on any atom is 0.303 e. The van der Waals surface area contributed by atoms with Crippen LogP contribution >= 0.6 is 0 Å². The van der Waals surface area contributed by atoms with Crippen LogP contribution in [-0.4, -0.2) is 44.3 Å². The maximum absolute atomic E-state index is 10.3. The Bertz CT molecular complexity index is 473. The molecule has 0 unspecified atom stereocenters. The molecule has 0 saturated heterocycles. The summed E-state index contributed by atoms with van der Waals surface area (Å²) in [5.74, 6) is -2.85. The summed E-state index contributed by atoms with van der Waals surface area (Å²) in [5.41, 5.74) is 0. The predicted octanol–water partition coefficient (Wildman–Crippen LogP) is 6.89. The summed E-state index contributed by atoms with van der Waals surface area (Å²) in [6.07, 6.45) is 19.9. The first-order valence-corrected chi connectivity index (χ1v) is 13.1. The summed E-state index contributed by atoms with van der Waals surface area (Å²) in [7, 11) is 0. The topological polar surface area (TPSA) is 149 Å². The van der Waals surface area contributed by atoms with Gasteiger partial charge in [0, 0.05) is 25.7 Å². The Morgan fingerprint density at radius 2 is 0.382 bits per heavy atom. The van der Waals surface area contributed by atoms with Crippen LogP contribution in [0.5, 0.6) is 0 Å². The highest BCUT2D eigenvalue weighted by Crippen LogP contribution is 2.13. The monoisotopic (exact) mass is 488 g/mol. The van der Waals surface area contributed by atoms with E-state index in [-0.39, 0.29) is 12.8 Å². The molecule has 0 atom stereocenters. The lowest BCUT2D eigenvalue weighted by molar-refractivity contribution is -0.138. The standard InChI is InChI=1S/C16H30O4.C10H18O4/c17-15(18)13-11-9-7-5-3-1-2-4-6-8-10-12-14-16(19)20;11-9(12)7-5-3-1-2-4-6-8-10(13)14/h1-14H2,(H,17,18)(H,19,20);1-8H2,(H,11,12)(H,13,14). The number of unbranched alkanes of at least 4 members (excludes halogenated alkanes) is 16. The van der Waals surface area contributed by atoms with Gasteiger partial charge in [-0.05, 0) is 25.7 Å². The van der Waals surface area contributed by atoms with E-state index >= 15 is 0 Å². The third kappa shape index (κ3) is 37.2. The molecule has 8 heteroatoms. The number of carboxylic acids is 4. The summed E-state index contributed by atoms with van der Waals surface area (Å²) in [5, 5.41) is 33.7. The van der Waals surface area contributed by atoms with Gasteiger partial charge in [0.1, 0.15) is 0 Å². The molecular formula is C26H48O8. The van der Waals surface area contributed by atoms with Gasteiger partial charge >= 0.3 is 23.9 Å². The minimum atomic E-state index is -0.740. The highest BCUT2D eigenvalue weighted by atomic mass is 16.4. The third-order valence-corrected chi connectivity index (χ3v) is 5.56. The fourth-order valence-corrected chi connectivity index (χ4v) is 3.58. The molecule has 0 rings (SSSR count). The second kappa shape index (κ2) is 27.1. The molecule has 0 amide bonds. The lowest BCUT2D eigenvalue weighted by Gasteiger charge is -2.02. The first kappa shape index (κ1) is 34.0. The molecule has 0 fully saturated rings. The van der Waals surface area contributed by atoms with Crippen molar-refractivity contribution in [2.24, 2.45) is 0 Å². The number of carbonyl (C=O) groups is 4. The summed E-state index contributed by atoms with van der Waals surface area (Å²) >= 11 is 0. The van der Waals surface area contributed by atoms with E-state index in [0.717, 1.165) is 77.0 Å². The van der Waals surface area contributed by atoms with E-state index in [9.17, 15) is 19.2 Å². The number of hydrogen-bond donors (Lipinski definition) is 4. The van der Waals surface area contributed by atoms with Gasteiger partial charge in [0.25, 0.3) is 0 Å². The van der Waals surface area contributed by atoms with Crippen molar-refractivity contribution in [2.75, 3.05) is 0 Å². The van der Waals surface area contributed by atoms with Crippen LogP contribution in [0.3, 0.4) is 0 Å². The van der Waals surface area contributed by atoms with E-state index in [1.165, 1.54) is 38.5 Å². The molecule has 0 spiro atoms. The fraction of sp³-hybridized carbons (Fsp3) is 0.846. The van der Waals surface area contributed by atoms with Crippen molar-refractivity contribution in [2.45, 2.75) is 141 Å². The van der Waals surface area contributed by atoms with Crippen molar-refractivity contribution in [3.63, 3.8) is 0 Å². The van der Waals surface area contributed by atoms with Gasteiger partial charge in [-0.3, -0.25) is 19.2 Å². The molecular weight excluding hydrogens is 440 g/mol. The van der Waals surface area contributed by atoms with Crippen LogP contribution in [-0.2, 0) is 19.2 Å². The van der Waals surface area contributed by atoms with Crippen LogP contribution in [0.25, 0.3) is 0 Å². The number of carboxylic acid groups (broad SMARTS) is 4. The molecule has 0 radical (unpaired) electrons. The van der Waals surface area contributed by atoms with E-state index in [0.29, 0.717) is 12.8 Å². The van der Waals surface area contributed by atoms with Crippen LogP contribution in [0, 0.1) is 0 Å². The lowest BCUT2D eigenvalue weighted by atomic mass is 10.0. The Morgan fingerprint density at radius 1 is 0.265 bits per heavy atom. The van der Waals surface area contributed by atoms with Crippen molar-refractivity contribution in [1.29, 1.82) is 0 Å². The van der Waals surface area contributed by atoms with Crippen molar-refractivity contribution >= 4 is 23.9 Å². The zero-order valence-corrected chi connectivity index (χ0v) is 21.0. The van der Waals surface area contributed by atoms with Crippen molar-refractivity contribution in [3.05, 3.63) is 0 Å². The second-order valence-corrected chi connectivity index (χ2v) is 8.94. The molecule has 0 aliphatic carbocycles. The van der Waals surface area contributed by atoms with Crippen molar-refractivity contribution in [1.82, 2.24) is 0 Å². The quantitative estimate of drug-likeness (QED) is 0.107. The molecule has 0 aliphatic heterocycles. The molecule has 8 nitrogen and oxygen atoms in total. The van der Waals surface area contributed by atoms with Gasteiger partial charge in [-0.2, -0.15) is 0 Å². The largest absolute Gasteiger partial charge is 0.481 e. The summed E-state index contributed by atoms with van der Waals surface area (Å²) in [4.78, 5) is 40.9. The molecule has 0 aromatic heterocycles. The molecule has 200 valence electrons. The first-order chi connectivity index (χ1) is 16.3. The highest BCUT2D eigenvalue weighted by molar-refractivity contribution is 5.67. The Balaban J connectivity index is 0. The van der Waals surface area contributed by atoms with Gasteiger partial charge in [-0.25, -0.2) is 0 Å². The van der Waals surface area contributed by atoms with Gasteiger partial charge < -0.3 is 20.4 Å². The van der Waals surface area contributed by atoms with Crippen molar-refractivity contribution in [3.8, 4) is 0 Å². The van der Waals surface area contributed by atoms with Gasteiger partial charge in [0.15, 0.2) is 0 Å².